The van der Waals surface area contributed by atoms with Crippen molar-refractivity contribution in [1.82, 2.24) is 4.90 Å². The molecular formula is C13H22Cl2N2. The first kappa shape index (κ1) is 16.7. The predicted molar refractivity (Wildman–Crippen MR) is 77.9 cm³/mol. The smallest absolute Gasteiger partial charge is 0.0406 e. The lowest BCUT2D eigenvalue weighted by Crippen LogP contribution is -2.36. The van der Waals surface area contributed by atoms with Gasteiger partial charge in [0.05, 0.1) is 0 Å². The van der Waals surface area contributed by atoms with Crippen molar-refractivity contribution in [2.75, 3.05) is 20.1 Å². The Hall–Kier alpha value is -0.280. The largest absolute Gasteiger partial charge is 0.330 e. The zero-order valence-electron chi connectivity index (χ0n) is 10.7. The van der Waals surface area contributed by atoms with Gasteiger partial charge in [-0.1, -0.05) is 37.6 Å². The Bertz CT molecular complexity index is 323. The fourth-order valence-corrected chi connectivity index (χ4v) is 1.88. The van der Waals surface area contributed by atoms with Gasteiger partial charge in [-0.3, -0.25) is 0 Å². The summed E-state index contributed by atoms with van der Waals surface area (Å²) in [5, 5.41) is 0.786. The Balaban J connectivity index is 0.00000256. The molecule has 0 fully saturated rings. The molecule has 0 saturated carbocycles. The second-order valence-electron chi connectivity index (χ2n) is 5.17. The summed E-state index contributed by atoms with van der Waals surface area (Å²) in [6.07, 6.45) is 0. The van der Waals surface area contributed by atoms with E-state index in [1.807, 2.05) is 12.1 Å². The molecule has 0 aromatic heterocycles. The van der Waals surface area contributed by atoms with Gasteiger partial charge in [-0.2, -0.15) is 0 Å². The van der Waals surface area contributed by atoms with E-state index in [9.17, 15) is 0 Å². The number of rotatable bonds is 5. The van der Waals surface area contributed by atoms with E-state index in [4.69, 9.17) is 17.3 Å². The Labute approximate surface area is 116 Å². The lowest BCUT2D eigenvalue weighted by Gasteiger charge is -2.29. The fraction of sp³-hybridized carbons (Fsp3) is 0.538. The van der Waals surface area contributed by atoms with Crippen LogP contribution in [-0.4, -0.2) is 25.0 Å². The number of benzene rings is 1. The molecule has 0 bridgehead atoms. The number of hydrogen-bond acceptors (Lipinski definition) is 2. The SMILES string of the molecule is CN(Cc1ccc(Cl)cc1)CC(C)(C)CN.Cl. The molecule has 2 N–H and O–H groups in total. The zero-order chi connectivity index (χ0) is 12.2. The van der Waals surface area contributed by atoms with E-state index in [1.54, 1.807) is 0 Å². The van der Waals surface area contributed by atoms with Crippen LogP contribution in [0, 0.1) is 5.41 Å². The topological polar surface area (TPSA) is 29.3 Å². The van der Waals surface area contributed by atoms with Crippen LogP contribution in [0.1, 0.15) is 19.4 Å². The highest BCUT2D eigenvalue weighted by Crippen LogP contribution is 2.16. The fourth-order valence-electron chi connectivity index (χ4n) is 1.75. The summed E-state index contributed by atoms with van der Waals surface area (Å²) >= 11 is 5.85. The molecule has 0 atom stereocenters. The van der Waals surface area contributed by atoms with Crippen molar-refractivity contribution in [2.24, 2.45) is 11.1 Å². The second kappa shape index (κ2) is 7.22. The molecule has 4 heteroatoms. The Kier molecular flexibility index (Phi) is 7.10. The third kappa shape index (κ3) is 6.27. The Morgan fingerprint density at radius 2 is 1.76 bits per heavy atom. The van der Waals surface area contributed by atoms with Crippen molar-refractivity contribution in [3.8, 4) is 0 Å². The minimum atomic E-state index is 0. The lowest BCUT2D eigenvalue weighted by molar-refractivity contribution is 0.210. The van der Waals surface area contributed by atoms with E-state index in [0.29, 0.717) is 6.54 Å². The van der Waals surface area contributed by atoms with Gasteiger partial charge in [-0.25, -0.2) is 0 Å². The highest BCUT2D eigenvalue weighted by molar-refractivity contribution is 6.30. The molecule has 1 rings (SSSR count). The molecule has 0 heterocycles. The van der Waals surface area contributed by atoms with E-state index < -0.39 is 0 Å². The van der Waals surface area contributed by atoms with Crippen molar-refractivity contribution in [3.05, 3.63) is 34.9 Å². The van der Waals surface area contributed by atoms with Crippen LogP contribution < -0.4 is 5.73 Å². The molecule has 98 valence electrons. The Morgan fingerprint density at radius 3 is 2.24 bits per heavy atom. The summed E-state index contributed by atoms with van der Waals surface area (Å²) in [6.45, 7) is 7.00. The minimum absolute atomic E-state index is 0. The summed E-state index contributed by atoms with van der Waals surface area (Å²) in [6, 6.07) is 7.99. The first-order valence-electron chi connectivity index (χ1n) is 5.56. The van der Waals surface area contributed by atoms with Crippen LogP contribution in [0.15, 0.2) is 24.3 Å². The Morgan fingerprint density at radius 1 is 1.24 bits per heavy atom. The van der Waals surface area contributed by atoms with E-state index in [2.05, 4.69) is 37.9 Å². The van der Waals surface area contributed by atoms with Crippen molar-refractivity contribution in [3.63, 3.8) is 0 Å². The molecule has 0 radical (unpaired) electrons. The van der Waals surface area contributed by atoms with Crippen LogP contribution in [0.25, 0.3) is 0 Å². The maximum Gasteiger partial charge on any atom is 0.0406 e. The highest BCUT2D eigenvalue weighted by Gasteiger charge is 2.17. The normalized spacial score (nSPS) is 11.4. The molecule has 0 aliphatic carbocycles. The number of nitrogens with zero attached hydrogens (tertiary/aromatic N) is 1. The van der Waals surface area contributed by atoms with Gasteiger partial charge in [0.1, 0.15) is 0 Å². The molecule has 0 aliphatic rings. The van der Waals surface area contributed by atoms with Gasteiger partial charge in [0.25, 0.3) is 0 Å². The second-order valence-corrected chi connectivity index (χ2v) is 5.60. The molecule has 0 saturated heterocycles. The van der Waals surface area contributed by atoms with Gasteiger partial charge in [0.2, 0.25) is 0 Å². The highest BCUT2D eigenvalue weighted by atomic mass is 35.5. The third-order valence-electron chi connectivity index (χ3n) is 2.62. The molecule has 0 aliphatic heterocycles. The summed E-state index contributed by atoms with van der Waals surface area (Å²) < 4.78 is 0. The van der Waals surface area contributed by atoms with Crippen molar-refractivity contribution < 1.29 is 0 Å². The number of nitrogens with two attached hydrogens (primary N) is 1. The van der Waals surface area contributed by atoms with Crippen LogP contribution in [0.5, 0.6) is 0 Å². The summed E-state index contributed by atoms with van der Waals surface area (Å²) in [7, 11) is 2.12. The van der Waals surface area contributed by atoms with Gasteiger partial charge < -0.3 is 10.6 Å². The average Bonchev–Trinajstić information content (AvgIpc) is 2.21. The van der Waals surface area contributed by atoms with E-state index in [0.717, 1.165) is 18.1 Å². The van der Waals surface area contributed by atoms with Gasteiger partial charge in [0.15, 0.2) is 0 Å². The quantitative estimate of drug-likeness (QED) is 0.895. The molecule has 1 aromatic carbocycles. The monoisotopic (exact) mass is 276 g/mol. The van der Waals surface area contributed by atoms with Crippen LogP contribution in [-0.2, 0) is 6.54 Å². The van der Waals surface area contributed by atoms with Gasteiger partial charge >= 0.3 is 0 Å². The molecule has 2 nitrogen and oxygen atoms in total. The van der Waals surface area contributed by atoms with Crippen molar-refractivity contribution >= 4 is 24.0 Å². The average molecular weight is 277 g/mol. The van der Waals surface area contributed by atoms with Crippen molar-refractivity contribution in [2.45, 2.75) is 20.4 Å². The van der Waals surface area contributed by atoms with Crippen LogP contribution in [0.4, 0.5) is 0 Å². The van der Waals surface area contributed by atoms with Crippen LogP contribution in [0.2, 0.25) is 5.02 Å². The molecule has 0 unspecified atom stereocenters. The first-order chi connectivity index (χ1) is 7.43. The van der Waals surface area contributed by atoms with E-state index >= 15 is 0 Å². The predicted octanol–water partition coefficient (Wildman–Crippen LogP) is 3.18. The van der Waals surface area contributed by atoms with Gasteiger partial charge in [-0.05, 0) is 36.7 Å². The van der Waals surface area contributed by atoms with Crippen LogP contribution >= 0.6 is 24.0 Å². The number of halogens is 2. The zero-order valence-corrected chi connectivity index (χ0v) is 12.3. The van der Waals surface area contributed by atoms with Gasteiger partial charge in [0, 0.05) is 18.1 Å². The lowest BCUT2D eigenvalue weighted by atomic mass is 9.93. The summed E-state index contributed by atoms with van der Waals surface area (Å²) in [5.41, 5.74) is 7.17. The van der Waals surface area contributed by atoms with E-state index in [-0.39, 0.29) is 17.8 Å². The standard InChI is InChI=1S/C13H21ClN2.ClH/c1-13(2,9-15)10-16(3)8-11-4-6-12(14)7-5-11;/h4-7H,8-10,15H2,1-3H3;1H. The first-order valence-corrected chi connectivity index (χ1v) is 5.94. The minimum Gasteiger partial charge on any atom is -0.330 e. The number of hydrogen-bond donors (Lipinski definition) is 1. The molecule has 0 spiro atoms. The molecule has 1 aromatic rings. The van der Waals surface area contributed by atoms with Crippen molar-refractivity contribution in [1.29, 1.82) is 0 Å². The third-order valence-corrected chi connectivity index (χ3v) is 2.87. The summed E-state index contributed by atoms with van der Waals surface area (Å²) in [5.74, 6) is 0. The van der Waals surface area contributed by atoms with Gasteiger partial charge in [-0.15, -0.1) is 12.4 Å². The van der Waals surface area contributed by atoms with Crippen LogP contribution in [0.3, 0.4) is 0 Å². The molecule has 17 heavy (non-hydrogen) atoms. The maximum atomic E-state index is 5.85. The molecule has 0 amide bonds. The van der Waals surface area contributed by atoms with E-state index in [1.165, 1.54) is 5.56 Å². The maximum absolute atomic E-state index is 5.85. The summed E-state index contributed by atoms with van der Waals surface area (Å²) in [4.78, 5) is 2.29. The molecular weight excluding hydrogens is 255 g/mol.